The molecule has 0 amide bonds. The summed E-state index contributed by atoms with van der Waals surface area (Å²) in [5.41, 5.74) is 0.701. The van der Waals surface area contributed by atoms with Crippen LogP contribution in [0.25, 0.3) is 5.57 Å². The zero-order valence-corrected chi connectivity index (χ0v) is 14.2. The maximum atomic E-state index is 10.9. The van der Waals surface area contributed by atoms with Crippen molar-refractivity contribution in [2.45, 2.75) is 0 Å². The van der Waals surface area contributed by atoms with E-state index >= 15 is 0 Å². The summed E-state index contributed by atoms with van der Waals surface area (Å²) in [6.07, 6.45) is 4.04. The maximum Gasteiger partial charge on any atom is 0.325 e. The minimum absolute atomic E-state index is 0.279. The van der Waals surface area contributed by atoms with Gasteiger partial charge in [0.15, 0.2) is 0 Å². The molecule has 0 fully saturated rings. The van der Waals surface area contributed by atoms with Crippen LogP contribution < -0.4 is 0 Å². The molecule has 0 aliphatic carbocycles. The van der Waals surface area contributed by atoms with Crippen molar-refractivity contribution in [3.05, 3.63) is 50.9 Å². The number of hydrogen-bond donors (Lipinski definition) is 0. The number of oxime groups is 1. The summed E-state index contributed by atoms with van der Waals surface area (Å²) in [6, 6.07) is 7.00. The van der Waals surface area contributed by atoms with E-state index in [1.165, 1.54) is 6.08 Å². The van der Waals surface area contributed by atoms with Crippen LogP contribution in [0.3, 0.4) is 0 Å². The number of allylic oxidation sites excluding steroid dienone is 2. The predicted molar refractivity (Wildman–Crippen MR) is 89.1 cm³/mol. The molecule has 22 heavy (non-hydrogen) atoms. The minimum atomic E-state index is -3.68. The smallest absolute Gasteiger partial charge is 0.268 e. The highest BCUT2D eigenvalue weighted by Crippen LogP contribution is 2.39. The van der Waals surface area contributed by atoms with Crippen molar-refractivity contribution in [1.29, 1.82) is 5.26 Å². The average molecular weight is 375 g/mol. The highest BCUT2D eigenvalue weighted by atomic mass is 35.5. The fraction of sp³-hybridized carbons (Fsp3) is 0.0769. The largest absolute Gasteiger partial charge is 0.325 e. The summed E-state index contributed by atoms with van der Waals surface area (Å²) in [5, 5.41) is 13.9. The topological polar surface area (TPSA) is 79.5 Å². The molecule has 1 heterocycles. The molecular formula is C13H8Cl2N2O3S2. The van der Waals surface area contributed by atoms with Crippen LogP contribution in [-0.2, 0) is 14.4 Å². The van der Waals surface area contributed by atoms with Gasteiger partial charge in [-0.2, -0.15) is 13.7 Å². The monoisotopic (exact) mass is 374 g/mol. The Bertz CT molecular complexity index is 832. The number of thioether (sulfide) groups is 1. The van der Waals surface area contributed by atoms with Gasteiger partial charge in [-0.25, -0.2) is 0 Å². The van der Waals surface area contributed by atoms with Gasteiger partial charge in [0.05, 0.1) is 21.9 Å². The van der Waals surface area contributed by atoms with Gasteiger partial charge >= 0.3 is 10.1 Å². The van der Waals surface area contributed by atoms with Crippen molar-refractivity contribution in [1.82, 2.24) is 0 Å². The molecule has 0 spiro atoms. The zero-order valence-electron chi connectivity index (χ0n) is 11.1. The minimum Gasteiger partial charge on any atom is -0.268 e. The number of nitriles is 1. The SMILES string of the molecule is CS(=O)(=O)ON=C1C=CC(=C(C#N)c2c(Cl)cccc2Cl)S1. The summed E-state index contributed by atoms with van der Waals surface area (Å²) in [5.74, 6) is 0. The van der Waals surface area contributed by atoms with E-state index in [4.69, 9.17) is 23.2 Å². The van der Waals surface area contributed by atoms with Crippen molar-refractivity contribution in [3.8, 4) is 6.07 Å². The van der Waals surface area contributed by atoms with Gasteiger partial charge in [0, 0.05) is 10.5 Å². The van der Waals surface area contributed by atoms with Gasteiger partial charge < -0.3 is 0 Å². The zero-order chi connectivity index (χ0) is 16.3. The molecule has 1 aliphatic heterocycles. The highest BCUT2D eigenvalue weighted by molar-refractivity contribution is 8.18. The number of rotatable bonds is 3. The molecule has 0 unspecified atom stereocenters. The summed E-state index contributed by atoms with van der Waals surface area (Å²) in [6.45, 7) is 0. The lowest BCUT2D eigenvalue weighted by molar-refractivity contribution is 0.345. The van der Waals surface area contributed by atoms with Crippen LogP contribution in [0, 0.1) is 11.3 Å². The molecule has 0 bridgehead atoms. The quantitative estimate of drug-likeness (QED) is 0.593. The van der Waals surface area contributed by atoms with E-state index in [9.17, 15) is 13.7 Å². The van der Waals surface area contributed by atoms with Crippen LogP contribution in [0.15, 0.2) is 40.4 Å². The van der Waals surface area contributed by atoms with E-state index in [1.807, 2.05) is 0 Å². The first-order valence-corrected chi connectivity index (χ1v) is 9.12. The van der Waals surface area contributed by atoms with Crippen LogP contribution in [0.4, 0.5) is 0 Å². The van der Waals surface area contributed by atoms with Crippen molar-refractivity contribution < 1.29 is 12.7 Å². The van der Waals surface area contributed by atoms with Gasteiger partial charge in [-0.05, 0) is 24.3 Å². The number of hydrogen-bond acceptors (Lipinski definition) is 6. The lowest BCUT2D eigenvalue weighted by atomic mass is 10.1. The molecule has 9 heteroatoms. The van der Waals surface area contributed by atoms with Crippen molar-refractivity contribution in [2.24, 2.45) is 5.16 Å². The predicted octanol–water partition coefficient (Wildman–Crippen LogP) is 3.82. The van der Waals surface area contributed by atoms with E-state index in [-0.39, 0.29) is 5.57 Å². The second-order valence-corrected chi connectivity index (χ2v) is 7.53. The Balaban J connectivity index is 2.39. The second-order valence-electron chi connectivity index (χ2n) is 4.09. The first kappa shape index (κ1) is 16.9. The normalized spacial score (nSPS) is 18.4. The molecule has 0 saturated heterocycles. The third-order valence-electron chi connectivity index (χ3n) is 2.43. The molecule has 0 saturated carbocycles. The molecule has 0 N–H and O–H groups in total. The van der Waals surface area contributed by atoms with Crippen molar-refractivity contribution >= 4 is 55.7 Å². The maximum absolute atomic E-state index is 10.9. The van der Waals surface area contributed by atoms with Crippen molar-refractivity contribution in [2.75, 3.05) is 6.26 Å². The van der Waals surface area contributed by atoms with E-state index in [0.29, 0.717) is 25.6 Å². The fourth-order valence-corrected chi connectivity index (χ4v) is 3.26. The Morgan fingerprint density at radius 1 is 1.32 bits per heavy atom. The first-order valence-electron chi connectivity index (χ1n) is 5.73. The molecule has 0 atom stereocenters. The van der Waals surface area contributed by atoms with Gasteiger partial charge in [-0.1, -0.05) is 46.2 Å². The van der Waals surface area contributed by atoms with Crippen LogP contribution in [-0.4, -0.2) is 19.7 Å². The van der Waals surface area contributed by atoms with Crippen LogP contribution >= 0.6 is 35.0 Å². The molecule has 1 aromatic carbocycles. The third kappa shape index (κ3) is 4.05. The van der Waals surface area contributed by atoms with Crippen LogP contribution in [0.5, 0.6) is 0 Å². The second kappa shape index (κ2) is 6.75. The Morgan fingerprint density at radius 3 is 2.50 bits per heavy atom. The lowest BCUT2D eigenvalue weighted by Crippen LogP contribution is -1.98. The number of benzene rings is 1. The Hall–Kier alpha value is -1.46. The molecular weight excluding hydrogens is 367 g/mol. The lowest BCUT2D eigenvalue weighted by Gasteiger charge is -2.07. The Labute approximate surface area is 142 Å². The number of nitrogens with zero attached hydrogens (tertiary/aromatic N) is 2. The van der Waals surface area contributed by atoms with Crippen LogP contribution in [0.2, 0.25) is 10.0 Å². The average Bonchev–Trinajstić information content (AvgIpc) is 2.88. The Morgan fingerprint density at radius 2 is 1.95 bits per heavy atom. The van der Waals surface area contributed by atoms with Crippen LogP contribution in [0.1, 0.15) is 5.56 Å². The first-order chi connectivity index (χ1) is 10.3. The van der Waals surface area contributed by atoms with E-state index in [2.05, 4.69) is 15.5 Å². The molecule has 5 nitrogen and oxygen atoms in total. The molecule has 2 rings (SSSR count). The molecule has 1 aliphatic rings. The van der Waals surface area contributed by atoms with E-state index < -0.39 is 10.1 Å². The van der Waals surface area contributed by atoms with Gasteiger partial charge in [0.1, 0.15) is 11.1 Å². The fourth-order valence-electron chi connectivity index (χ4n) is 1.59. The summed E-state index contributed by atoms with van der Waals surface area (Å²) in [4.78, 5) is 0.549. The van der Waals surface area contributed by atoms with E-state index in [1.54, 1.807) is 24.3 Å². The van der Waals surface area contributed by atoms with Gasteiger partial charge in [0.25, 0.3) is 0 Å². The number of halogens is 2. The molecule has 1 aromatic rings. The molecule has 0 radical (unpaired) electrons. The summed E-state index contributed by atoms with van der Waals surface area (Å²) in [7, 11) is -3.68. The van der Waals surface area contributed by atoms with Gasteiger partial charge in [-0.3, -0.25) is 4.28 Å². The van der Waals surface area contributed by atoms with Crippen molar-refractivity contribution in [3.63, 3.8) is 0 Å². The van der Waals surface area contributed by atoms with E-state index in [0.717, 1.165) is 18.0 Å². The molecule has 114 valence electrons. The summed E-state index contributed by atoms with van der Waals surface area (Å²) >= 11 is 13.3. The Kier molecular flexibility index (Phi) is 5.19. The van der Waals surface area contributed by atoms with Gasteiger partial charge in [-0.15, -0.1) is 0 Å². The standard InChI is InChI=1S/C13H8Cl2N2O3S2/c1-22(18,19)20-17-12-6-5-11(21-12)8(7-16)13-9(14)3-2-4-10(13)15/h2-6H,1H3. The molecule has 0 aromatic heterocycles. The van der Waals surface area contributed by atoms with Gasteiger partial charge in [0.2, 0.25) is 0 Å². The highest BCUT2D eigenvalue weighted by Gasteiger charge is 2.19. The third-order valence-corrected chi connectivity index (χ3v) is 4.38. The summed E-state index contributed by atoms with van der Waals surface area (Å²) < 4.78 is 26.2.